The van der Waals surface area contributed by atoms with Gasteiger partial charge in [0.15, 0.2) is 0 Å². The van der Waals surface area contributed by atoms with Gasteiger partial charge in [0.1, 0.15) is 11.5 Å². The first-order chi connectivity index (χ1) is 10.2. The number of aromatic hydroxyl groups is 1. The molecule has 0 unspecified atom stereocenters. The second kappa shape index (κ2) is 7.85. The van der Waals surface area contributed by atoms with Crippen LogP contribution in [0.5, 0.6) is 11.5 Å². The van der Waals surface area contributed by atoms with E-state index in [0.29, 0.717) is 18.9 Å². The smallest absolute Gasteiger partial charge is 0.255 e. The van der Waals surface area contributed by atoms with Crippen LogP contribution in [0.2, 0.25) is 0 Å². The van der Waals surface area contributed by atoms with Gasteiger partial charge in [0, 0.05) is 12.6 Å². The number of ether oxygens (including phenoxy) is 2. The largest absolute Gasteiger partial charge is 0.507 e. The van der Waals surface area contributed by atoms with Gasteiger partial charge in [-0.05, 0) is 38.1 Å². The summed E-state index contributed by atoms with van der Waals surface area (Å²) < 4.78 is 10.7. The van der Waals surface area contributed by atoms with E-state index >= 15 is 0 Å². The minimum Gasteiger partial charge on any atom is -0.507 e. The number of carbonyl (C=O) groups is 1. The van der Waals surface area contributed by atoms with Crippen LogP contribution in [0.3, 0.4) is 0 Å². The van der Waals surface area contributed by atoms with Crippen molar-refractivity contribution in [2.75, 3.05) is 33.4 Å². The molecule has 0 saturated carbocycles. The molecule has 0 radical (unpaired) electrons. The third-order valence-corrected chi connectivity index (χ3v) is 3.48. The molecule has 0 aromatic heterocycles. The maximum atomic E-state index is 11.9. The van der Waals surface area contributed by atoms with E-state index in [1.54, 1.807) is 6.07 Å². The summed E-state index contributed by atoms with van der Waals surface area (Å²) in [5.41, 5.74) is 0.234. The fraction of sp³-hybridized carbons (Fsp3) is 0.533. The number of hydrogen-bond acceptors (Lipinski definition) is 5. The topological polar surface area (TPSA) is 79.8 Å². The summed E-state index contributed by atoms with van der Waals surface area (Å²) in [4.78, 5) is 11.9. The zero-order chi connectivity index (χ0) is 15.1. The first-order valence-electron chi connectivity index (χ1n) is 7.18. The normalized spacial score (nSPS) is 15.7. The van der Waals surface area contributed by atoms with E-state index in [1.165, 1.54) is 19.2 Å². The molecule has 0 aliphatic carbocycles. The average molecular weight is 294 g/mol. The molecule has 1 aliphatic heterocycles. The quantitative estimate of drug-likeness (QED) is 0.679. The highest BCUT2D eigenvalue weighted by molar-refractivity contribution is 5.96. The van der Waals surface area contributed by atoms with E-state index in [1.807, 2.05) is 0 Å². The van der Waals surface area contributed by atoms with Crippen molar-refractivity contribution in [1.29, 1.82) is 0 Å². The number of hydrogen-bond donors (Lipinski definition) is 3. The Morgan fingerprint density at radius 2 is 2.19 bits per heavy atom. The standard InChI is InChI=1S/C15H22N2O4/c1-20-12-2-3-13(14(18)10-12)15(19)17-8-9-21-11-4-6-16-7-5-11/h2-3,10-11,16,18H,4-9H2,1H3,(H,17,19). The molecule has 1 aromatic rings. The van der Waals surface area contributed by atoms with Crippen LogP contribution in [0, 0.1) is 0 Å². The van der Waals surface area contributed by atoms with Crippen LogP contribution in [0.4, 0.5) is 0 Å². The third-order valence-electron chi connectivity index (χ3n) is 3.48. The lowest BCUT2D eigenvalue weighted by molar-refractivity contribution is 0.0343. The Balaban J connectivity index is 1.74. The van der Waals surface area contributed by atoms with Crippen molar-refractivity contribution in [2.24, 2.45) is 0 Å². The van der Waals surface area contributed by atoms with Crippen molar-refractivity contribution in [1.82, 2.24) is 10.6 Å². The van der Waals surface area contributed by atoms with E-state index < -0.39 is 0 Å². The van der Waals surface area contributed by atoms with E-state index in [0.717, 1.165) is 25.9 Å². The van der Waals surface area contributed by atoms with Crippen LogP contribution in [0.15, 0.2) is 18.2 Å². The molecule has 0 bridgehead atoms. The van der Waals surface area contributed by atoms with Crippen LogP contribution in [-0.4, -0.2) is 50.5 Å². The third kappa shape index (κ3) is 4.61. The second-order valence-corrected chi connectivity index (χ2v) is 4.96. The lowest BCUT2D eigenvalue weighted by Crippen LogP contribution is -2.34. The predicted octanol–water partition coefficient (Wildman–Crippen LogP) is 0.899. The van der Waals surface area contributed by atoms with Crippen LogP contribution >= 0.6 is 0 Å². The van der Waals surface area contributed by atoms with E-state index in [4.69, 9.17) is 9.47 Å². The number of methoxy groups -OCH3 is 1. The summed E-state index contributed by atoms with van der Waals surface area (Å²) in [6, 6.07) is 4.60. The summed E-state index contributed by atoms with van der Waals surface area (Å²) in [6.45, 7) is 2.87. The van der Waals surface area contributed by atoms with Gasteiger partial charge in [-0.2, -0.15) is 0 Å². The molecular weight excluding hydrogens is 272 g/mol. The number of phenolic OH excluding ortho intramolecular Hbond substituents is 1. The molecule has 3 N–H and O–H groups in total. The van der Waals surface area contributed by atoms with Crippen LogP contribution in [0.1, 0.15) is 23.2 Å². The Morgan fingerprint density at radius 3 is 2.86 bits per heavy atom. The van der Waals surface area contributed by atoms with Crippen molar-refractivity contribution < 1.29 is 19.4 Å². The van der Waals surface area contributed by atoms with E-state index in [9.17, 15) is 9.90 Å². The maximum absolute atomic E-state index is 11.9. The average Bonchev–Trinajstić information content (AvgIpc) is 2.52. The molecule has 6 nitrogen and oxygen atoms in total. The fourth-order valence-corrected chi connectivity index (χ4v) is 2.28. The number of carbonyl (C=O) groups excluding carboxylic acids is 1. The Bertz CT molecular complexity index is 473. The lowest BCUT2D eigenvalue weighted by atomic mass is 10.1. The van der Waals surface area contributed by atoms with Gasteiger partial charge in [-0.1, -0.05) is 0 Å². The highest BCUT2D eigenvalue weighted by atomic mass is 16.5. The number of amides is 1. The fourth-order valence-electron chi connectivity index (χ4n) is 2.28. The monoisotopic (exact) mass is 294 g/mol. The molecule has 116 valence electrons. The summed E-state index contributed by atoms with van der Waals surface area (Å²) in [5.74, 6) is 0.105. The summed E-state index contributed by atoms with van der Waals surface area (Å²) in [7, 11) is 1.51. The zero-order valence-corrected chi connectivity index (χ0v) is 12.2. The van der Waals surface area contributed by atoms with Gasteiger partial charge < -0.3 is 25.2 Å². The van der Waals surface area contributed by atoms with Crippen molar-refractivity contribution >= 4 is 5.91 Å². The van der Waals surface area contributed by atoms with Gasteiger partial charge in [-0.25, -0.2) is 0 Å². The molecule has 1 heterocycles. The summed E-state index contributed by atoms with van der Waals surface area (Å²) >= 11 is 0. The molecule has 1 amide bonds. The van der Waals surface area contributed by atoms with Gasteiger partial charge in [0.25, 0.3) is 5.91 Å². The van der Waals surface area contributed by atoms with E-state index in [2.05, 4.69) is 10.6 Å². The molecule has 2 rings (SSSR count). The second-order valence-electron chi connectivity index (χ2n) is 4.96. The summed E-state index contributed by atoms with van der Waals surface area (Å²) in [5, 5.41) is 15.8. The Morgan fingerprint density at radius 1 is 1.43 bits per heavy atom. The van der Waals surface area contributed by atoms with Gasteiger partial charge in [0.05, 0.1) is 25.4 Å². The SMILES string of the molecule is COc1ccc(C(=O)NCCOC2CCNCC2)c(O)c1. The Kier molecular flexibility index (Phi) is 5.83. The zero-order valence-electron chi connectivity index (χ0n) is 12.2. The van der Waals surface area contributed by atoms with E-state index in [-0.39, 0.29) is 23.3 Å². The molecule has 0 atom stereocenters. The number of piperidine rings is 1. The Hall–Kier alpha value is -1.79. The van der Waals surface area contributed by atoms with Crippen molar-refractivity contribution in [3.8, 4) is 11.5 Å². The molecule has 21 heavy (non-hydrogen) atoms. The molecular formula is C15H22N2O4. The van der Waals surface area contributed by atoms with Crippen molar-refractivity contribution in [3.05, 3.63) is 23.8 Å². The molecule has 1 fully saturated rings. The van der Waals surface area contributed by atoms with Crippen LogP contribution in [0.25, 0.3) is 0 Å². The molecule has 6 heteroatoms. The minimum atomic E-state index is -0.316. The number of rotatable bonds is 6. The van der Waals surface area contributed by atoms with Gasteiger partial charge in [0.2, 0.25) is 0 Å². The van der Waals surface area contributed by atoms with Crippen molar-refractivity contribution in [3.63, 3.8) is 0 Å². The van der Waals surface area contributed by atoms with Crippen LogP contribution in [-0.2, 0) is 4.74 Å². The molecule has 1 aliphatic rings. The van der Waals surface area contributed by atoms with Gasteiger partial charge in [-0.15, -0.1) is 0 Å². The predicted molar refractivity (Wildman–Crippen MR) is 78.8 cm³/mol. The first-order valence-corrected chi connectivity index (χ1v) is 7.18. The van der Waals surface area contributed by atoms with Crippen molar-refractivity contribution in [2.45, 2.75) is 18.9 Å². The minimum absolute atomic E-state index is 0.0916. The molecule has 1 saturated heterocycles. The highest BCUT2D eigenvalue weighted by Crippen LogP contribution is 2.23. The number of benzene rings is 1. The van der Waals surface area contributed by atoms with Crippen LogP contribution < -0.4 is 15.4 Å². The van der Waals surface area contributed by atoms with Gasteiger partial charge in [-0.3, -0.25) is 4.79 Å². The van der Waals surface area contributed by atoms with Gasteiger partial charge >= 0.3 is 0 Å². The molecule has 1 aromatic carbocycles. The maximum Gasteiger partial charge on any atom is 0.255 e. The molecule has 0 spiro atoms. The summed E-state index contributed by atoms with van der Waals surface area (Å²) in [6.07, 6.45) is 2.29. The lowest BCUT2D eigenvalue weighted by Gasteiger charge is -2.22. The highest BCUT2D eigenvalue weighted by Gasteiger charge is 2.14. The Labute approximate surface area is 124 Å². The number of phenols is 1. The number of nitrogens with one attached hydrogen (secondary N) is 2. The first kappa shape index (κ1) is 15.6.